The topological polar surface area (TPSA) is 85.7 Å². The molecule has 2 atom stereocenters. The van der Waals surface area contributed by atoms with Crippen LogP contribution in [-0.4, -0.2) is 29.1 Å². The molecule has 4 rings (SSSR count). The van der Waals surface area contributed by atoms with Gasteiger partial charge < -0.3 is 14.6 Å². The van der Waals surface area contributed by atoms with E-state index in [1.165, 1.54) is 13.2 Å². The summed E-state index contributed by atoms with van der Waals surface area (Å²) in [5.41, 5.74) is 2.05. The molecule has 0 amide bonds. The summed E-state index contributed by atoms with van der Waals surface area (Å²) in [7, 11) is 1.45. The number of methoxy groups -OCH3 is 1. The van der Waals surface area contributed by atoms with Crippen LogP contribution in [0.2, 0.25) is 0 Å². The minimum absolute atomic E-state index is 0.118. The standard InChI is InChI=1S/C26H24FNO5/c1-15(25(29)30)24(17-8-9-17)19-4-3-5-20(12-19)33-26(31)18-10-6-16(7-11-18)21-13-23(32-2)28-14-22(21)27/h3-7,10-15,17,24H,8-9H2,1-2H3,(H,29,30)/t15-,24-/m0/s1. The molecular formula is C26H24FNO5. The largest absolute Gasteiger partial charge is 0.481 e. The molecule has 6 nitrogen and oxygen atoms in total. The zero-order chi connectivity index (χ0) is 23.5. The van der Waals surface area contributed by atoms with Crippen molar-refractivity contribution in [2.24, 2.45) is 11.8 Å². The van der Waals surface area contributed by atoms with Crippen LogP contribution < -0.4 is 9.47 Å². The Morgan fingerprint density at radius 3 is 2.48 bits per heavy atom. The summed E-state index contributed by atoms with van der Waals surface area (Å²) in [6, 6.07) is 14.9. The highest BCUT2D eigenvalue weighted by Crippen LogP contribution is 2.47. The van der Waals surface area contributed by atoms with E-state index >= 15 is 0 Å². The predicted molar refractivity (Wildman–Crippen MR) is 120 cm³/mol. The van der Waals surface area contributed by atoms with E-state index in [4.69, 9.17) is 9.47 Å². The maximum Gasteiger partial charge on any atom is 0.343 e. The molecule has 2 aromatic carbocycles. The van der Waals surface area contributed by atoms with Crippen LogP contribution in [0.1, 0.15) is 41.6 Å². The Kier molecular flexibility index (Phi) is 6.40. The van der Waals surface area contributed by atoms with Gasteiger partial charge in [-0.25, -0.2) is 14.2 Å². The third kappa shape index (κ3) is 5.03. The highest BCUT2D eigenvalue weighted by molar-refractivity contribution is 5.91. The zero-order valence-corrected chi connectivity index (χ0v) is 18.3. The van der Waals surface area contributed by atoms with Crippen molar-refractivity contribution in [1.29, 1.82) is 0 Å². The van der Waals surface area contributed by atoms with Gasteiger partial charge in [-0.05, 0) is 60.1 Å². The van der Waals surface area contributed by atoms with Crippen LogP contribution in [0.5, 0.6) is 11.6 Å². The lowest BCUT2D eigenvalue weighted by Crippen LogP contribution is -2.20. The number of aromatic nitrogens is 1. The quantitative estimate of drug-likeness (QED) is 0.370. The number of hydrogen-bond acceptors (Lipinski definition) is 5. The van der Waals surface area contributed by atoms with E-state index in [9.17, 15) is 19.1 Å². The number of carboxylic acid groups (broad SMARTS) is 1. The molecule has 7 heteroatoms. The molecule has 0 saturated heterocycles. The minimum Gasteiger partial charge on any atom is -0.481 e. The van der Waals surface area contributed by atoms with Gasteiger partial charge in [-0.15, -0.1) is 0 Å². The lowest BCUT2D eigenvalue weighted by Gasteiger charge is -2.21. The number of hydrogen-bond donors (Lipinski definition) is 1. The van der Waals surface area contributed by atoms with Crippen molar-refractivity contribution in [3.8, 4) is 22.8 Å². The van der Waals surface area contributed by atoms with E-state index in [0.29, 0.717) is 28.4 Å². The van der Waals surface area contributed by atoms with Gasteiger partial charge in [0.15, 0.2) is 0 Å². The van der Waals surface area contributed by atoms with Crippen LogP contribution in [0.4, 0.5) is 4.39 Å². The molecule has 170 valence electrons. The third-order valence-corrected chi connectivity index (χ3v) is 5.98. The number of rotatable bonds is 8. The molecule has 1 N–H and O–H groups in total. The highest BCUT2D eigenvalue weighted by Gasteiger charge is 2.38. The Bertz CT molecular complexity index is 1170. The first-order chi connectivity index (χ1) is 15.9. The predicted octanol–water partition coefficient (Wildman–Crippen LogP) is 5.33. The van der Waals surface area contributed by atoms with Gasteiger partial charge in [0.05, 0.1) is 24.8 Å². The van der Waals surface area contributed by atoms with Crippen molar-refractivity contribution in [3.63, 3.8) is 0 Å². The van der Waals surface area contributed by atoms with Gasteiger partial charge in [-0.2, -0.15) is 0 Å². The van der Waals surface area contributed by atoms with Crippen molar-refractivity contribution in [3.05, 3.63) is 77.7 Å². The molecule has 0 unspecified atom stereocenters. The van der Waals surface area contributed by atoms with Gasteiger partial charge in [-0.1, -0.05) is 31.2 Å². The van der Waals surface area contributed by atoms with Crippen LogP contribution in [-0.2, 0) is 4.79 Å². The van der Waals surface area contributed by atoms with Gasteiger partial charge in [0.25, 0.3) is 0 Å². The molecular weight excluding hydrogens is 425 g/mol. The summed E-state index contributed by atoms with van der Waals surface area (Å²) in [6.07, 6.45) is 3.09. The number of carbonyl (C=O) groups excluding carboxylic acids is 1. The van der Waals surface area contributed by atoms with Gasteiger partial charge in [0, 0.05) is 11.6 Å². The van der Waals surface area contributed by atoms with Crippen molar-refractivity contribution < 1.29 is 28.6 Å². The van der Waals surface area contributed by atoms with E-state index in [1.54, 1.807) is 49.4 Å². The van der Waals surface area contributed by atoms with Crippen molar-refractivity contribution >= 4 is 11.9 Å². The molecule has 1 saturated carbocycles. The number of benzene rings is 2. The van der Waals surface area contributed by atoms with Crippen LogP contribution in [0.3, 0.4) is 0 Å². The number of nitrogens with zero attached hydrogens (tertiary/aromatic N) is 1. The van der Waals surface area contributed by atoms with Crippen molar-refractivity contribution in [2.75, 3.05) is 7.11 Å². The summed E-state index contributed by atoms with van der Waals surface area (Å²) in [5.74, 6) is -1.55. The molecule has 0 aliphatic heterocycles. The first kappa shape index (κ1) is 22.5. The highest BCUT2D eigenvalue weighted by atomic mass is 19.1. The second-order valence-corrected chi connectivity index (χ2v) is 8.24. The van der Waals surface area contributed by atoms with Crippen LogP contribution in [0.15, 0.2) is 60.8 Å². The lowest BCUT2D eigenvalue weighted by molar-refractivity contribution is -0.142. The number of halogens is 1. The first-order valence-corrected chi connectivity index (χ1v) is 10.7. The normalized spacial score (nSPS) is 14.9. The zero-order valence-electron chi connectivity index (χ0n) is 18.3. The Hall–Kier alpha value is -3.74. The second kappa shape index (κ2) is 9.40. The maximum absolute atomic E-state index is 14.2. The molecule has 1 fully saturated rings. The smallest absolute Gasteiger partial charge is 0.343 e. The number of esters is 1. The monoisotopic (exact) mass is 449 g/mol. The fourth-order valence-electron chi connectivity index (χ4n) is 4.07. The van der Waals surface area contributed by atoms with E-state index in [0.717, 1.165) is 24.6 Å². The molecule has 1 aliphatic carbocycles. The van der Waals surface area contributed by atoms with Gasteiger partial charge in [-0.3, -0.25) is 4.79 Å². The van der Waals surface area contributed by atoms with Crippen molar-refractivity contribution in [1.82, 2.24) is 4.98 Å². The SMILES string of the molecule is COc1cc(-c2ccc(C(=O)Oc3cccc([C@H](C4CC4)[C@H](C)C(=O)O)c3)cc2)c(F)cn1. The Balaban J connectivity index is 1.51. The minimum atomic E-state index is -0.836. The maximum atomic E-state index is 14.2. The molecule has 1 aromatic heterocycles. The summed E-state index contributed by atoms with van der Waals surface area (Å²) in [6.45, 7) is 1.72. The summed E-state index contributed by atoms with van der Waals surface area (Å²) >= 11 is 0. The van der Waals surface area contributed by atoms with Crippen LogP contribution in [0.25, 0.3) is 11.1 Å². The first-order valence-electron chi connectivity index (χ1n) is 10.7. The summed E-state index contributed by atoms with van der Waals surface area (Å²) < 4.78 is 24.8. The number of ether oxygens (including phenoxy) is 2. The van der Waals surface area contributed by atoms with E-state index < -0.39 is 23.7 Å². The average Bonchev–Trinajstić information content (AvgIpc) is 3.65. The van der Waals surface area contributed by atoms with Crippen LogP contribution >= 0.6 is 0 Å². The Morgan fingerprint density at radius 1 is 1.12 bits per heavy atom. The van der Waals surface area contributed by atoms with Gasteiger partial charge >= 0.3 is 11.9 Å². The number of pyridine rings is 1. The van der Waals surface area contributed by atoms with Crippen LogP contribution in [0, 0.1) is 17.7 Å². The molecule has 3 aromatic rings. The fourth-order valence-corrected chi connectivity index (χ4v) is 4.07. The van der Waals surface area contributed by atoms with E-state index in [-0.39, 0.29) is 11.8 Å². The third-order valence-electron chi connectivity index (χ3n) is 5.98. The summed E-state index contributed by atoms with van der Waals surface area (Å²) in [4.78, 5) is 28.1. The average molecular weight is 449 g/mol. The summed E-state index contributed by atoms with van der Waals surface area (Å²) in [5, 5.41) is 9.49. The van der Waals surface area contributed by atoms with Crippen molar-refractivity contribution in [2.45, 2.75) is 25.7 Å². The molecule has 0 spiro atoms. The molecule has 33 heavy (non-hydrogen) atoms. The van der Waals surface area contributed by atoms with Gasteiger partial charge in [0.2, 0.25) is 5.88 Å². The van der Waals surface area contributed by atoms with E-state index in [2.05, 4.69) is 4.98 Å². The lowest BCUT2D eigenvalue weighted by atomic mass is 9.83. The molecule has 0 radical (unpaired) electrons. The van der Waals surface area contributed by atoms with E-state index in [1.807, 2.05) is 6.07 Å². The molecule has 1 heterocycles. The molecule has 1 aliphatic rings. The Labute approximate surface area is 191 Å². The Morgan fingerprint density at radius 2 is 1.85 bits per heavy atom. The fraction of sp³-hybridized carbons (Fsp3) is 0.269. The number of carboxylic acids is 1. The van der Waals surface area contributed by atoms with Gasteiger partial charge in [0.1, 0.15) is 11.6 Å². The number of carbonyl (C=O) groups is 2. The second-order valence-electron chi connectivity index (χ2n) is 8.24. The number of aliphatic carboxylic acids is 1. The molecule has 0 bridgehead atoms.